The molecule has 0 saturated heterocycles. The zero-order chi connectivity index (χ0) is 12.3. The average molecular weight is 250 g/mol. The molecule has 2 aromatic rings. The Morgan fingerprint density at radius 2 is 2.24 bits per heavy atom. The highest BCUT2D eigenvalue weighted by Gasteiger charge is 2.09. The minimum atomic E-state index is 0.496. The van der Waals surface area contributed by atoms with E-state index in [4.69, 9.17) is 4.42 Å². The molecule has 3 nitrogen and oxygen atoms in total. The van der Waals surface area contributed by atoms with Gasteiger partial charge in [-0.15, -0.1) is 11.3 Å². The quantitative estimate of drug-likeness (QED) is 0.883. The van der Waals surface area contributed by atoms with Crippen LogP contribution in [0.5, 0.6) is 0 Å². The van der Waals surface area contributed by atoms with Gasteiger partial charge in [0.15, 0.2) is 10.8 Å². The summed E-state index contributed by atoms with van der Waals surface area (Å²) in [7, 11) is 0. The fraction of sp³-hybridized carbons (Fsp3) is 0.462. The van der Waals surface area contributed by atoms with Gasteiger partial charge in [0.25, 0.3) is 0 Å². The second-order valence-corrected chi connectivity index (χ2v) is 5.40. The van der Waals surface area contributed by atoms with E-state index >= 15 is 0 Å². The SMILES string of the molecule is CCc1ccc(-c2ncc(CNC(C)C)s2)o1. The molecule has 0 radical (unpaired) electrons. The smallest absolute Gasteiger partial charge is 0.162 e. The van der Waals surface area contributed by atoms with Crippen LogP contribution in [0.25, 0.3) is 10.8 Å². The fourth-order valence-electron chi connectivity index (χ4n) is 1.49. The third kappa shape index (κ3) is 3.17. The summed E-state index contributed by atoms with van der Waals surface area (Å²) in [6.45, 7) is 7.24. The number of furan rings is 1. The van der Waals surface area contributed by atoms with Gasteiger partial charge in [-0.25, -0.2) is 4.98 Å². The van der Waals surface area contributed by atoms with Crippen LogP contribution in [0.1, 0.15) is 31.4 Å². The van der Waals surface area contributed by atoms with E-state index in [0.29, 0.717) is 6.04 Å². The predicted molar refractivity (Wildman–Crippen MR) is 71.2 cm³/mol. The summed E-state index contributed by atoms with van der Waals surface area (Å²) in [6.07, 6.45) is 2.84. The molecule has 4 heteroatoms. The molecule has 0 aliphatic rings. The van der Waals surface area contributed by atoms with Gasteiger partial charge in [-0.3, -0.25) is 0 Å². The summed E-state index contributed by atoms with van der Waals surface area (Å²) >= 11 is 1.68. The molecular formula is C13H18N2OS. The summed E-state index contributed by atoms with van der Waals surface area (Å²) in [4.78, 5) is 5.64. The van der Waals surface area contributed by atoms with E-state index in [2.05, 4.69) is 31.1 Å². The molecule has 0 aromatic carbocycles. The number of nitrogens with one attached hydrogen (secondary N) is 1. The van der Waals surface area contributed by atoms with Crippen molar-refractivity contribution in [1.82, 2.24) is 10.3 Å². The summed E-state index contributed by atoms with van der Waals surface area (Å²) in [5.74, 6) is 1.89. The van der Waals surface area contributed by atoms with Crippen molar-refractivity contribution in [2.75, 3.05) is 0 Å². The summed E-state index contributed by atoms with van der Waals surface area (Å²) < 4.78 is 5.69. The maximum Gasteiger partial charge on any atom is 0.162 e. The molecule has 0 unspecified atom stereocenters. The normalized spacial score (nSPS) is 11.3. The molecule has 0 saturated carbocycles. The van der Waals surface area contributed by atoms with E-state index in [1.54, 1.807) is 11.3 Å². The van der Waals surface area contributed by atoms with Crippen LogP contribution >= 0.6 is 11.3 Å². The first kappa shape index (κ1) is 12.3. The van der Waals surface area contributed by atoms with Gasteiger partial charge in [-0.2, -0.15) is 0 Å². The van der Waals surface area contributed by atoms with E-state index in [-0.39, 0.29) is 0 Å². The van der Waals surface area contributed by atoms with Crippen LogP contribution in [0.2, 0.25) is 0 Å². The Morgan fingerprint density at radius 1 is 1.41 bits per heavy atom. The molecule has 0 amide bonds. The Hall–Kier alpha value is -1.13. The van der Waals surface area contributed by atoms with E-state index < -0.39 is 0 Å². The third-order valence-corrected chi connectivity index (χ3v) is 3.47. The van der Waals surface area contributed by atoms with Gasteiger partial charge in [0, 0.05) is 30.1 Å². The lowest BCUT2D eigenvalue weighted by atomic mass is 10.4. The number of aromatic nitrogens is 1. The number of hydrogen-bond acceptors (Lipinski definition) is 4. The molecule has 0 spiro atoms. The third-order valence-electron chi connectivity index (χ3n) is 2.46. The van der Waals surface area contributed by atoms with Crippen LogP contribution < -0.4 is 5.32 Å². The first-order valence-corrected chi connectivity index (χ1v) is 6.78. The monoisotopic (exact) mass is 250 g/mol. The zero-order valence-electron chi connectivity index (χ0n) is 10.5. The van der Waals surface area contributed by atoms with Gasteiger partial charge in [0.1, 0.15) is 5.76 Å². The first-order valence-electron chi connectivity index (χ1n) is 5.96. The molecule has 2 rings (SSSR count). The molecule has 2 aromatic heterocycles. The Labute approximate surface area is 106 Å². The van der Waals surface area contributed by atoms with Gasteiger partial charge in [0.05, 0.1) is 0 Å². The van der Waals surface area contributed by atoms with Gasteiger partial charge < -0.3 is 9.73 Å². The Kier molecular flexibility index (Phi) is 3.97. The van der Waals surface area contributed by atoms with Crippen molar-refractivity contribution in [1.29, 1.82) is 0 Å². The second kappa shape index (κ2) is 5.47. The second-order valence-electron chi connectivity index (χ2n) is 4.29. The van der Waals surface area contributed by atoms with Gasteiger partial charge >= 0.3 is 0 Å². The van der Waals surface area contributed by atoms with E-state index in [0.717, 1.165) is 29.5 Å². The van der Waals surface area contributed by atoms with Crippen molar-refractivity contribution in [3.8, 4) is 10.8 Å². The van der Waals surface area contributed by atoms with Crippen molar-refractivity contribution < 1.29 is 4.42 Å². The zero-order valence-corrected chi connectivity index (χ0v) is 11.3. The van der Waals surface area contributed by atoms with Gasteiger partial charge in [-0.05, 0) is 12.1 Å². The maximum absolute atomic E-state index is 5.69. The lowest BCUT2D eigenvalue weighted by molar-refractivity contribution is 0.529. The van der Waals surface area contributed by atoms with E-state index in [1.807, 2.05) is 18.3 Å². The highest BCUT2D eigenvalue weighted by atomic mass is 32.1. The summed E-state index contributed by atoms with van der Waals surface area (Å²) in [5.41, 5.74) is 0. The first-order chi connectivity index (χ1) is 8.19. The molecule has 2 heterocycles. The molecule has 0 bridgehead atoms. The minimum Gasteiger partial charge on any atom is -0.459 e. The highest BCUT2D eigenvalue weighted by molar-refractivity contribution is 7.14. The van der Waals surface area contributed by atoms with Crippen LogP contribution in [0.3, 0.4) is 0 Å². The Bertz CT molecular complexity index is 473. The van der Waals surface area contributed by atoms with Gasteiger partial charge in [-0.1, -0.05) is 20.8 Å². The Morgan fingerprint density at radius 3 is 2.88 bits per heavy atom. The largest absolute Gasteiger partial charge is 0.459 e. The maximum atomic E-state index is 5.69. The van der Waals surface area contributed by atoms with Crippen molar-refractivity contribution in [3.63, 3.8) is 0 Å². The van der Waals surface area contributed by atoms with Crippen LogP contribution in [-0.2, 0) is 13.0 Å². The standard InChI is InChI=1S/C13H18N2OS/c1-4-10-5-6-12(16-10)13-15-8-11(17-13)7-14-9(2)3/h5-6,8-9,14H,4,7H2,1-3H3. The van der Waals surface area contributed by atoms with E-state index in [9.17, 15) is 0 Å². The number of thiazole rings is 1. The average Bonchev–Trinajstić information content (AvgIpc) is 2.94. The van der Waals surface area contributed by atoms with Crippen LogP contribution in [0.15, 0.2) is 22.7 Å². The lowest BCUT2D eigenvalue weighted by Crippen LogP contribution is -2.21. The molecule has 92 valence electrons. The van der Waals surface area contributed by atoms with Crippen molar-refractivity contribution >= 4 is 11.3 Å². The van der Waals surface area contributed by atoms with Gasteiger partial charge in [0.2, 0.25) is 0 Å². The van der Waals surface area contributed by atoms with E-state index in [1.165, 1.54) is 4.88 Å². The molecular weight excluding hydrogens is 232 g/mol. The predicted octanol–water partition coefficient (Wildman–Crippen LogP) is 3.46. The molecule has 0 aliphatic heterocycles. The van der Waals surface area contributed by atoms with Crippen LogP contribution in [0, 0.1) is 0 Å². The molecule has 17 heavy (non-hydrogen) atoms. The fourth-order valence-corrected chi connectivity index (χ4v) is 2.32. The number of aryl methyl sites for hydroxylation is 1. The molecule has 0 aliphatic carbocycles. The Balaban J connectivity index is 2.07. The molecule has 1 N–H and O–H groups in total. The lowest BCUT2D eigenvalue weighted by Gasteiger charge is -2.04. The van der Waals surface area contributed by atoms with Crippen molar-refractivity contribution in [2.24, 2.45) is 0 Å². The number of rotatable bonds is 5. The van der Waals surface area contributed by atoms with Crippen molar-refractivity contribution in [2.45, 2.75) is 39.8 Å². The van der Waals surface area contributed by atoms with Crippen molar-refractivity contribution in [3.05, 3.63) is 29.0 Å². The molecule has 0 atom stereocenters. The highest BCUT2D eigenvalue weighted by Crippen LogP contribution is 2.27. The topological polar surface area (TPSA) is 38.1 Å². The number of nitrogens with zero attached hydrogens (tertiary/aromatic N) is 1. The van der Waals surface area contributed by atoms with Crippen LogP contribution in [0.4, 0.5) is 0 Å². The van der Waals surface area contributed by atoms with Crippen LogP contribution in [-0.4, -0.2) is 11.0 Å². The molecule has 0 fully saturated rings. The number of hydrogen-bond donors (Lipinski definition) is 1. The summed E-state index contributed by atoms with van der Waals surface area (Å²) in [5, 5.41) is 4.35. The summed E-state index contributed by atoms with van der Waals surface area (Å²) in [6, 6.07) is 4.51. The minimum absolute atomic E-state index is 0.496.